The lowest BCUT2D eigenvalue weighted by atomic mass is 9.92. The molecule has 0 radical (unpaired) electrons. The molecule has 1 aromatic heterocycles. The number of aromatic nitrogens is 1. The molecule has 0 aliphatic carbocycles. The highest BCUT2D eigenvalue weighted by atomic mass is 19.4. The maximum absolute atomic E-state index is 12.5. The van der Waals surface area contributed by atoms with Crippen LogP contribution in [0.15, 0.2) is 18.3 Å². The first-order chi connectivity index (χ1) is 10.9. The van der Waals surface area contributed by atoms with Crippen LogP contribution in [-0.4, -0.2) is 34.5 Å². The van der Waals surface area contributed by atoms with E-state index in [9.17, 15) is 18.0 Å². The van der Waals surface area contributed by atoms with Gasteiger partial charge in [0, 0.05) is 32.3 Å². The van der Waals surface area contributed by atoms with Crippen LogP contribution in [0.5, 0.6) is 0 Å². The number of amides is 1. The molecule has 0 saturated carbocycles. The molecule has 3 rings (SSSR count). The van der Waals surface area contributed by atoms with E-state index in [2.05, 4.69) is 4.98 Å². The molecule has 1 amide bonds. The fraction of sp³-hybridized carbons (Fsp3) is 0.625. The molecule has 0 bridgehead atoms. The Balaban J connectivity index is 1.66. The van der Waals surface area contributed by atoms with Crippen LogP contribution < -0.4 is 0 Å². The van der Waals surface area contributed by atoms with Gasteiger partial charge in [0.25, 0.3) is 0 Å². The quantitative estimate of drug-likeness (QED) is 0.837. The molecule has 0 unspecified atom stereocenters. The van der Waals surface area contributed by atoms with E-state index in [-0.39, 0.29) is 11.5 Å². The van der Waals surface area contributed by atoms with E-state index in [0.717, 1.165) is 38.4 Å². The minimum atomic E-state index is -4.44. The minimum absolute atomic E-state index is 0.0253. The number of likely N-dealkylation sites (tertiary alicyclic amines) is 1. The summed E-state index contributed by atoms with van der Waals surface area (Å²) in [5.41, 5.74) is -0.487. The first-order valence-corrected chi connectivity index (χ1v) is 7.82. The fourth-order valence-corrected chi connectivity index (χ4v) is 3.30. The van der Waals surface area contributed by atoms with Crippen LogP contribution in [0.3, 0.4) is 0 Å². The first kappa shape index (κ1) is 16.2. The molecule has 2 saturated heterocycles. The molecule has 126 valence electrons. The van der Waals surface area contributed by atoms with Crippen LogP contribution in [-0.2, 0) is 22.3 Å². The standard InChI is InChI=1S/C16H19F3N2O2/c17-16(18,19)13-3-2-12(10-20-13)11-21-8-7-15(5-1-9-23-15)6-4-14(21)22/h2-3,10H,1,4-9,11H2/t15-/m1/s1. The maximum atomic E-state index is 12.5. The Kier molecular flexibility index (Phi) is 4.31. The third-order valence-electron chi connectivity index (χ3n) is 4.66. The Hall–Kier alpha value is -1.63. The summed E-state index contributed by atoms with van der Waals surface area (Å²) in [5, 5.41) is 0. The Morgan fingerprint density at radius 3 is 2.70 bits per heavy atom. The summed E-state index contributed by atoms with van der Waals surface area (Å²) in [7, 11) is 0. The van der Waals surface area contributed by atoms with Crippen molar-refractivity contribution in [2.45, 2.75) is 50.4 Å². The monoisotopic (exact) mass is 328 g/mol. The molecular formula is C16H19F3N2O2. The summed E-state index contributed by atoms with van der Waals surface area (Å²) in [6.45, 7) is 1.61. The van der Waals surface area contributed by atoms with E-state index >= 15 is 0 Å². The number of rotatable bonds is 2. The summed E-state index contributed by atoms with van der Waals surface area (Å²) < 4.78 is 43.4. The minimum Gasteiger partial charge on any atom is -0.375 e. The molecule has 1 aromatic rings. The molecule has 23 heavy (non-hydrogen) atoms. The SMILES string of the molecule is O=C1CC[C@]2(CCCO2)CCN1Cc1ccc(C(F)(F)F)nc1. The number of pyridine rings is 1. The topological polar surface area (TPSA) is 42.4 Å². The molecular weight excluding hydrogens is 309 g/mol. The van der Waals surface area contributed by atoms with Gasteiger partial charge in [-0.05, 0) is 37.3 Å². The highest BCUT2D eigenvalue weighted by Crippen LogP contribution is 2.36. The highest BCUT2D eigenvalue weighted by Gasteiger charge is 2.38. The average Bonchev–Trinajstić information content (AvgIpc) is 2.92. The molecule has 4 nitrogen and oxygen atoms in total. The van der Waals surface area contributed by atoms with Crippen molar-refractivity contribution in [2.24, 2.45) is 0 Å². The summed E-state index contributed by atoms with van der Waals surface area (Å²) in [6, 6.07) is 2.34. The normalized spacial score (nSPS) is 25.9. The molecule has 1 spiro atoms. The second kappa shape index (κ2) is 6.11. The summed E-state index contributed by atoms with van der Waals surface area (Å²) in [5.74, 6) is 0.0253. The maximum Gasteiger partial charge on any atom is 0.433 e. The summed E-state index contributed by atoms with van der Waals surface area (Å²) in [4.78, 5) is 17.4. The predicted octanol–water partition coefficient (Wildman–Crippen LogP) is 3.16. The van der Waals surface area contributed by atoms with Crippen LogP contribution in [0.2, 0.25) is 0 Å². The van der Waals surface area contributed by atoms with Crippen molar-refractivity contribution in [1.29, 1.82) is 0 Å². The van der Waals surface area contributed by atoms with E-state index in [1.165, 1.54) is 12.3 Å². The third-order valence-corrected chi connectivity index (χ3v) is 4.66. The predicted molar refractivity (Wildman–Crippen MR) is 76.4 cm³/mol. The Morgan fingerprint density at radius 2 is 2.09 bits per heavy atom. The van der Waals surface area contributed by atoms with Crippen molar-refractivity contribution >= 4 is 5.91 Å². The molecule has 7 heteroatoms. The average molecular weight is 328 g/mol. The van der Waals surface area contributed by atoms with Crippen molar-refractivity contribution < 1.29 is 22.7 Å². The van der Waals surface area contributed by atoms with E-state index in [4.69, 9.17) is 4.74 Å². The van der Waals surface area contributed by atoms with Gasteiger partial charge in [-0.1, -0.05) is 6.07 Å². The van der Waals surface area contributed by atoms with Gasteiger partial charge in [-0.2, -0.15) is 13.2 Å². The largest absolute Gasteiger partial charge is 0.433 e. The van der Waals surface area contributed by atoms with E-state index in [1.807, 2.05) is 0 Å². The number of hydrogen-bond acceptors (Lipinski definition) is 3. The Morgan fingerprint density at radius 1 is 1.26 bits per heavy atom. The summed E-state index contributed by atoms with van der Waals surface area (Å²) in [6.07, 6.45) is 0.702. The van der Waals surface area contributed by atoms with Crippen LogP contribution >= 0.6 is 0 Å². The van der Waals surface area contributed by atoms with Gasteiger partial charge in [-0.25, -0.2) is 0 Å². The van der Waals surface area contributed by atoms with E-state index < -0.39 is 11.9 Å². The lowest BCUT2D eigenvalue weighted by molar-refractivity contribution is -0.141. The zero-order valence-electron chi connectivity index (χ0n) is 12.7. The fourth-order valence-electron chi connectivity index (χ4n) is 3.30. The number of carbonyl (C=O) groups excluding carboxylic acids is 1. The molecule has 3 heterocycles. The van der Waals surface area contributed by atoms with Gasteiger partial charge in [0.05, 0.1) is 5.60 Å². The second-order valence-electron chi connectivity index (χ2n) is 6.25. The second-order valence-corrected chi connectivity index (χ2v) is 6.25. The third kappa shape index (κ3) is 3.65. The lowest BCUT2D eigenvalue weighted by Crippen LogP contribution is -2.32. The Bertz CT molecular complexity index is 566. The van der Waals surface area contributed by atoms with Crippen molar-refractivity contribution in [2.75, 3.05) is 13.2 Å². The van der Waals surface area contributed by atoms with Gasteiger partial charge < -0.3 is 9.64 Å². The number of hydrogen-bond donors (Lipinski definition) is 0. The van der Waals surface area contributed by atoms with Crippen molar-refractivity contribution in [1.82, 2.24) is 9.88 Å². The van der Waals surface area contributed by atoms with Gasteiger partial charge in [0.15, 0.2) is 0 Å². The smallest absolute Gasteiger partial charge is 0.375 e. The summed E-state index contributed by atoms with van der Waals surface area (Å²) >= 11 is 0. The molecule has 2 fully saturated rings. The Labute approximate surface area is 132 Å². The van der Waals surface area contributed by atoms with E-state index in [1.54, 1.807) is 4.90 Å². The van der Waals surface area contributed by atoms with Crippen molar-refractivity contribution in [3.05, 3.63) is 29.6 Å². The zero-order chi connectivity index (χ0) is 16.5. The molecule has 0 aromatic carbocycles. The molecule has 1 atom stereocenters. The van der Waals surface area contributed by atoms with Gasteiger partial charge in [0.1, 0.15) is 5.69 Å². The number of carbonyl (C=O) groups is 1. The molecule has 2 aliphatic heterocycles. The van der Waals surface area contributed by atoms with Crippen LogP contribution in [0, 0.1) is 0 Å². The van der Waals surface area contributed by atoms with E-state index in [0.29, 0.717) is 25.1 Å². The molecule has 0 N–H and O–H groups in total. The zero-order valence-corrected chi connectivity index (χ0v) is 12.7. The van der Waals surface area contributed by atoms with Gasteiger partial charge >= 0.3 is 6.18 Å². The number of halogens is 3. The highest BCUT2D eigenvalue weighted by molar-refractivity contribution is 5.76. The number of nitrogens with zero attached hydrogens (tertiary/aromatic N) is 2. The van der Waals surface area contributed by atoms with Crippen molar-refractivity contribution in [3.63, 3.8) is 0 Å². The number of ether oxygens (including phenoxy) is 1. The number of alkyl halides is 3. The lowest BCUT2D eigenvalue weighted by Gasteiger charge is -2.26. The van der Waals surface area contributed by atoms with Crippen LogP contribution in [0.25, 0.3) is 0 Å². The van der Waals surface area contributed by atoms with Crippen molar-refractivity contribution in [3.8, 4) is 0 Å². The van der Waals surface area contributed by atoms with Crippen LogP contribution in [0.4, 0.5) is 13.2 Å². The van der Waals surface area contributed by atoms with Crippen LogP contribution in [0.1, 0.15) is 43.4 Å². The molecule has 2 aliphatic rings. The van der Waals surface area contributed by atoms with Gasteiger partial charge in [-0.15, -0.1) is 0 Å². The van der Waals surface area contributed by atoms with Gasteiger partial charge in [0.2, 0.25) is 5.91 Å². The first-order valence-electron chi connectivity index (χ1n) is 7.82. The van der Waals surface area contributed by atoms with Gasteiger partial charge in [-0.3, -0.25) is 9.78 Å².